The number of ether oxygens (including phenoxy) is 2. The molecular formula is C27H20FNO3. The van der Waals surface area contributed by atoms with Crippen molar-refractivity contribution in [1.29, 1.82) is 0 Å². The lowest BCUT2D eigenvalue weighted by Crippen LogP contribution is -2.03. The molecule has 0 aliphatic heterocycles. The maximum absolute atomic E-state index is 14.5. The molecule has 1 N–H and O–H groups in total. The minimum absolute atomic E-state index is 0.210. The van der Waals surface area contributed by atoms with Crippen molar-refractivity contribution in [2.24, 2.45) is 0 Å². The molecule has 32 heavy (non-hydrogen) atoms. The fourth-order valence-corrected chi connectivity index (χ4v) is 3.88. The first-order chi connectivity index (χ1) is 15.6. The van der Waals surface area contributed by atoms with Crippen molar-refractivity contribution < 1.29 is 18.7 Å². The van der Waals surface area contributed by atoms with Crippen molar-refractivity contribution >= 4 is 27.5 Å². The SMILES string of the molecule is COc1cc(C(=O)c2cc3c(cc(F)c4ccccc43)[nH]2)ccc1OCc1ccccc1. The normalized spacial score (nSPS) is 11.1. The largest absolute Gasteiger partial charge is 0.493 e. The summed E-state index contributed by atoms with van der Waals surface area (Å²) in [6.07, 6.45) is 0. The Labute approximate surface area is 184 Å². The molecule has 0 bridgehead atoms. The number of carbonyl (C=O) groups is 1. The monoisotopic (exact) mass is 425 g/mol. The first kappa shape index (κ1) is 19.8. The lowest BCUT2D eigenvalue weighted by Gasteiger charge is -2.12. The first-order valence-electron chi connectivity index (χ1n) is 10.2. The van der Waals surface area contributed by atoms with Crippen LogP contribution in [-0.2, 0) is 6.61 Å². The lowest BCUT2D eigenvalue weighted by atomic mass is 10.0. The van der Waals surface area contributed by atoms with Crippen LogP contribution in [0.5, 0.6) is 11.5 Å². The number of nitrogens with one attached hydrogen (secondary N) is 1. The first-order valence-corrected chi connectivity index (χ1v) is 10.2. The molecule has 158 valence electrons. The molecule has 0 fully saturated rings. The van der Waals surface area contributed by atoms with Gasteiger partial charge in [0.05, 0.1) is 12.8 Å². The van der Waals surface area contributed by atoms with E-state index in [-0.39, 0.29) is 11.6 Å². The number of carbonyl (C=O) groups excluding carboxylic acids is 1. The van der Waals surface area contributed by atoms with Crippen molar-refractivity contribution in [3.05, 3.63) is 108 Å². The van der Waals surface area contributed by atoms with E-state index in [0.717, 1.165) is 16.3 Å². The topological polar surface area (TPSA) is 51.3 Å². The van der Waals surface area contributed by atoms with Crippen molar-refractivity contribution in [2.75, 3.05) is 7.11 Å². The van der Waals surface area contributed by atoms with E-state index in [2.05, 4.69) is 4.98 Å². The Morgan fingerprint density at radius 2 is 1.59 bits per heavy atom. The highest BCUT2D eigenvalue weighted by atomic mass is 19.1. The van der Waals surface area contributed by atoms with E-state index in [1.54, 1.807) is 36.4 Å². The Hall–Kier alpha value is -4.12. The highest BCUT2D eigenvalue weighted by molar-refractivity contribution is 6.14. The Balaban J connectivity index is 1.46. The Morgan fingerprint density at radius 1 is 0.844 bits per heavy atom. The summed E-state index contributed by atoms with van der Waals surface area (Å²) in [4.78, 5) is 16.2. The summed E-state index contributed by atoms with van der Waals surface area (Å²) in [5, 5.41) is 2.10. The van der Waals surface area contributed by atoms with Gasteiger partial charge in [-0.3, -0.25) is 4.79 Å². The van der Waals surface area contributed by atoms with Gasteiger partial charge in [0.1, 0.15) is 12.4 Å². The minimum atomic E-state index is -0.324. The molecule has 0 saturated carbocycles. The maximum Gasteiger partial charge on any atom is 0.209 e. The highest BCUT2D eigenvalue weighted by Gasteiger charge is 2.17. The van der Waals surface area contributed by atoms with Crippen molar-refractivity contribution in [3.8, 4) is 11.5 Å². The number of benzene rings is 4. The van der Waals surface area contributed by atoms with E-state index in [9.17, 15) is 9.18 Å². The number of methoxy groups -OCH3 is 1. The molecule has 0 atom stereocenters. The predicted molar refractivity (Wildman–Crippen MR) is 123 cm³/mol. The number of H-pyrrole nitrogens is 1. The van der Waals surface area contributed by atoms with Crippen molar-refractivity contribution in [1.82, 2.24) is 4.98 Å². The second-order valence-electron chi connectivity index (χ2n) is 7.52. The van der Waals surface area contributed by atoms with Gasteiger partial charge in [0, 0.05) is 21.9 Å². The smallest absolute Gasteiger partial charge is 0.209 e. The molecule has 0 unspecified atom stereocenters. The lowest BCUT2D eigenvalue weighted by molar-refractivity contribution is 0.103. The van der Waals surface area contributed by atoms with Gasteiger partial charge in [-0.15, -0.1) is 0 Å². The number of aromatic amines is 1. The number of hydrogen-bond acceptors (Lipinski definition) is 3. The predicted octanol–water partition coefficient (Wildman–Crippen LogP) is 6.28. The summed E-state index contributed by atoms with van der Waals surface area (Å²) in [6.45, 7) is 0.394. The van der Waals surface area contributed by atoms with E-state index >= 15 is 0 Å². The van der Waals surface area contributed by atoms with Crippen LogP contribution in [-0.4, -0.2) is 17.9 Å². The van der Waals surface area contributed by atoms with E-state index in [1.807, 2.05) is 42.5 Å². The Bertz CT molecular complexity index is 1440. The number of aromatic nitrogens is 1. The molecule has 5 rings (SSSR count). The van der Waals surface area contributed by atoms with Crippen LogP contribution >= 0.6 is 0 Å². The zero-order valence-electron chi connectivity index (χ0n) is 17.4. The number of ketones is 1. The molecule has 0 spiro atoms. The van der Waals surface area contributed by atoms with Gasteiger partial charge in [0.25, 0.3) is 0 Å². The fraction of sp³-hybridized carbons (Fsp3) is 0.0741. The molecule has 0 saturated heterocycles. The average molecular weight is 425 g/mol. The van der Waals surface area contributed by atoms with E-state index < -0.39 is 0 Å². The van der Waals surface area contributed by atoms with Crippen LogP contribution in [0.4, 0.5) is 4.39 Å². The third kappa shape index (κ3) is 3.58. The van der Waals surface area contributed by atoms with Gasteiger partial charge in [-0.25, -0.2) is 4.39 Å². The van der Waals surface area contributed by atoms with Gasteiger partial charge < -0.3 is 14.5 Å². The molecular weight excluding hydrogens is 405 g/mol. The van der Waals surface area contributed by atoms with E-state index in [1.165, 1.54) is 13.2 Å². The van der Waals surface area contributed by atoms with Crippen molar-refractivity contribution in [2.45, 2.75) is 6.61 Å². The van der Waals surface area contributed by atoms with Gasteiger partial charge in [-0.2, -0.15) is 0 Å². The zero-order chi connectivity index (χ0) is 22.1. The number of hydrogen-bond donors (Lipinski definition) is 1. The average Bonchev–Trinajstić information content (AvgIpc) is 3.27. The van der Waals surface area contributed by atoms with Crippen LogP contribution in [0.1, 0.15) is 21.6 Å². The van der Waals surface area contributed by atoms with Crippen LogP contribution in [0, 0.1) is 5.82 Å². The third-order valence-corrected chi connectivity index (χ3v) is 5.50. The van der Waals surface area contributed by atoms with Gasteiger partial charge in [-0.05, 0) is 41.3 Å². The summed E-state index contributed by atoms with van der Waals surface area (Å²) in [5.41, 5.74) is 2.45. The summed E-state index contributed by atoms with van der Waals surface area (Å²) < 4.78 is 25.8. The quantitative estimate of drug-likeness (QED) is 0.326. The molecule has 5 aromatic rings. The molecule has 0 aliphatic rings. The Kier molecular flexibility index (Phi) is 5.07. The molecule has 0 aliphatic carbocycles. The fourth-order valence-electron chi connectivity index (χ4n) is 3.88. The zero-order valence-corrected chi connectivity index (χ0v) is 17.4. The number of halogens is 1. The number of fused-ring (bicyclic) bond motifs is 3. The summed E-state index contributed by atoms with van der Waals surface area (Å²) in [5.74, 6) is 0.492. The second-order valence-corrected chi connectivity index (χ2v) is 7.52. The van der Waals surface area contributed by atoms with Gasteiger partial charge in [0.2, 0.25) is 5.78 Å². The van der Waals surface area contributed by atoms with Gasteiger partial charge in [0.15, 0.2) is 11.5 Å². The second kappa shape index (κ2) is 8.19. The molecule has 0 amide bonds. The molecule has 1 aromatic heterocycles. The highest BCUT2D eigenvalue weighted by Crippen LogP contribution is 2.32. The molecule has 4 nitrogen and oxygen atoms in total. The van der Waals surface area contributed by atoms with Crippen LogP contribution < -0.4 is 9.47 Å². The third-order valence-electron chi connectivity index (χ3n) is 5.50. The number of rotatable bonds is 6. The van der Waals surface area contributed by atoms with Crippen LogP contribution in [0.3, 0.4) is 0 Å². The van der Waals surface area contributed by atoms with E-state index in [4.69, 9.17) is 9.47 Å². The van der Waals surface area contributed by atoms with Crippen LogP contribution in [0.2, 0.25) is 0 Å². The maximum atomic E-state index is 14.5. The molecule has 4 aromatic carbocycles. The van der Waals surface area contributed by atoms with Gasteiger partial charge >= 0.3 is 0 Å². The molecule has 5 heteroatoms. The van der Waals surface area contributed by atoms with Crippen molar-refractivity contribution in [3.63, 3.8) is 0 Å². The van der Waals surface area contributed by atoms with E-state index in [0.29, 0.717) is 40.3 Å². The molecule has 1 heterocycles. The summed E-state index contributed by atoms with van der Waals surface area (Å²) >= 11 is 0. The minimum Gasteiger partial charge on any atom is -0.493 e. The summed E-state index contributed by atoms with van der Waals surface area (Å²) in [7, 11) is 1.54. The Morgan fingerprint density at radius 3 is 2.38 bits per heavy atom. The summed E-state index contributed by atoms with van der Waals surface area (Å²) in [6, 6.07) is 25.3. The molecule has 0 radical (unpaired) electrons. The van der Waals surface area contributed by atoms with Crippen LogP contribution in [0.15, 0.2) is 84.9 Å². The van der Waals surface area contributed by atoms with Gasteiger partial charge in [-0.1, -0.05) is 54.6 Å². The standard InChI is InChI=1S/C27H20FNO3/c1-31-26-13-18(11-12-25(26)32-16-17-7-3-2-4-8-17)27(30)24-14-21-19-9-5-6-10-20(19)22(28)15-23(21)29-24/h2-15,29H,16H2,1H3. The van der Waals surface area contributed by atoms with Crippen LogP contribution in [0.25, 0.3) is 21.7 Å².